The molecule has 0 amide bonds. The second kappa shape index (κ2) is 10.3. The number of hydrogen-bond acceptors (Lipinski definition) is 6. The highest BCUT2D eigenvalue weighted by molar-refractivity contribution is 7.92. The Morgan fingerprint density at radius 3 is 2.35 bits per heavy atom. The van der Waals surface area contributed by atoms with Crippen LogP contribution in [-0.4, -0.2) is 67.3 Å². The van der Waals surface area contributed by atoms with E-state index in [0.717, 1.165) is 42.2 Å². The van der Waals surface area contributed by atoms with Gasteiger partial charge < -0.3 is 19.3 Å². The summed E-state index contributed by atoms with van der Waals surface area (Å²) in [5.74, 6) is 0.439. The van der Waals surface area contributed by atoms with E-state index in [0.29, 0.717) is 11.4 Å². The second-order valence-electron chi connectivity index (χ2n) is 6.97. The molecule has 1 fully saturated rings. The summed E-state index contributed by atoms with van der Waals surface area (Å²) in [5, 5.41) is 0. The molecule has 0 unspecified atom stereocenters. The summed E-state index contributed by atoms with van der Waals surface area (Å²) in [6, 6.07) is 10.2. The van der Waals surface area contributed by atoms with Crippen molar-refractivity contribution in [2.24, 2.45) is 0 Å². The van der Waals surface area contributed by atoms with Gasteiger partial charge in [0.1, 0.15) is 11.5 Å². The minimum atomic E-state index is -3.99. The molecular formula is C20H26ClF2N3O4S. The first-order valence-electron chi connectivity index (χ1n) is 9.37. The monoisotopic (exact) mass is 477 g/mol. The first-order valence-corrected chi connectivity index (χ1v) is 10.8. The normalized spacial score (nSPS) is 14.8. The van der Waals surface area contributed by atoms with Gasteiger partial charge in [-0.05, 0) is 37.4 Å². The Morgan fingerprint density at radius 1 is 1.06 bits per heavy atom. The molecule has 2 aromatic carbocycles. The van der Waals surface area contributed by atoms with Crippen LogP contribution >= 0.6 is 12.4 Å². The van der Waals surface area contributed by atoms with Gasteiger partial charge in [0.05, 0.1) is 23.4 Å². The SMILES string of the molecule is COc1ccc(N(C)S(=O)(=O)c2cccc(OC(F)F)c2)cc1N1CCN(C)CC1.Cl. The lowest BCUT2D eigenvalue weighted by Crippen LogP contribution is -2.44. The molecule has 0 radical (unpaired) electrons. The first kappa shape index (κ1) is 25.0. The molecule has 0 aromatic heterocycles. The van der Waals surface area contributed by atoms with Crippen LogP contribution in [0.3, 0.4) is 0 Å². The number of halogens is 3. The van der Waals surface area contributed by atoms with Gasteiger partial charge in [-0.15, -0.1) is 12.4 Å². The Labute approximate surface area is 187 Å². The van der Waals surface area contributed by atoms with Crippen molar-refractivity contribution < 1.29 is 26.7 Å². The van der Waals surface area contributed by atoms with E-state index in [4.69, 9.17) is 4.74 Å². The Bertz CT molecular complexity index is 986. The van der Waals surface area contributed by atoms with Gasteiger partial charge in [-0.2, -0.15) is 8.78 Å². The molecule has 3 rings (SSSR count). The van der Waals surface area contributed by atoms with Crippen LogP contribution in [0.25, 0.3) is 0 Å². The lowest BCUT2D eigenvalue weighted by molar-refractivity contribution is -0.0499. The summed E-state index contributed by atoms with van der Waals surface area (Å²) in [6.07, 6.45) is 0. The molecule has 0 saturated carbocycles. The van der Waals surface area contributed by atoms with Crippen molar-refractivity contribution in [3.8, 4) is 11.5 Å². The Kier molecular flexibility index (Phi) is 8.33. The van der Waals surface area contributed by atoms with Gasteiger partial charge in [-0.1, -0.05) is 6.07 Å². The van der Waals surface area contributed by atoms with Gasteiger partial charge in [0.2, 0.25) is 0 Å². The van der Waals surface area contributed by atoms with E-state index in [2.05, 4.69) is 21.6 Å². The van der Waals surface area contributed by atoms with Crippen molar-refractivity contribution in [1.82, 2.24) is 4.90 Å². The molecule has 0 bridgehead atoms. The van der Waals surface area contributed by atoms with Crippen LogP contribution in [-0.2, 0) is 10.0 Å². The van der Waals surface area contributed by atoms with Gasteiger partial charge in [0.15, 0.2) is 0 Å². The third kappa shape index (κ3) is 5.69. The number of piperazine rings is 1. The number of ether oxygens (including phenoxy) is 2. The summed E-state index contributed by atoms with van der Waals surface area (Å²) in [6.45, 7) is 0.324. The number of likely N-dealkylation sites (N-methyl/N-ethyl adjacent to an activating group) is 1. The molecule has 11 heteroatoms. The average molecular weight is 478 g/mol. The van der Waals surface area contributed by atoms with E-state index >= 15 is 0 Å². The van der Waals surface area contributed by atoms with Gasteiger partial charge in [-0.25, -0.2) is 8.42 Å². The highest BCUT2D eigenvalue weighted by Crippen LogP contribution is 2.35. The largest absolute Gasteiger partial charge is 0.495 e. The smallest absolute Gasteiger partial charge is 0.387 e. The van der Waals surface area contributed by atoms with E-state index in [-0.39, 0.29) is 23.1 Å². The highest BCUT2D eigenvalue weighted by Gasteiger charge is 2.25. The minimum absolute atomic E-state index is 0. The summed E-state index contributed by atoms with van der Waals surface area (Å²) in [5.41, 5.74) is 1.24. The predicted octanol–water partition coefficient (Wildman–Crippen LogP) is 3.30. The maximum absolute atomic E-state index is 13.1. The first-order chi connectivity index (χ1) is 14.2. The van der Waals surface area contributed by atoms with E-state index in [9.17, 15) is 17.2 Å². The maximum Gasteiger partial charge on any atom is 0.387 e. The summed E-state index contributed by atoms with van der Waals surface area (Å²) < 4.78 is 62.1. The molecular weight excluding hydrogens is 452 g/mol. The maximum atomic E-state index is 13.1. The van der Waals surface area contributed by atoms with Crippen molar-refractivity contribution in [3.63, 3.8) is 0 Å². The zero-order valence-corrected chi connectivity index (χ0v) is 19.1. The van der Waals surface area contributed by atoms with Crippen molar-refractivity contribution >= 4 is 33.8 Å². The van der Waals surface area contributed by atoms with Crippen LogP contribution in [0.4, 0.5) is 20.2 Å². The molecule has 1 aliphatic rings. The Hall–Kier alpha value is -2.30. The standard InChI is InChI=1S/C20H25F2N3O4S.ClH/c1-23-9-11-25(12-10-23)18-13-15(7-8-19(18)28-3)24(2)30(26,27)17-6-4-5-16(14-17)29-20(21)22;/h4-8,13-14,20H,9-12H2,1-3H3;1H. The number of benzene rings is 2. The number of methoxy groups -OCH3 is 1. The fourth-order valence-corrected chi connectivity index (χ4v) is 4.50. The molecule has 0 aliphatic carbocycles. The second-order valence-corrected chi connectivity index (χ2v) is 8.94. The van der Waals surface area contributed by atoms with Crippen molar-refractivity contribution in [2.45, 2.75) is 11.5 Å². The quantitative estimate of drug-likeness (QED) is 0.610. The third-order valence-electron chi connectivity index (χ3n) is 5.06. The third-order valence-corrected chi connectivity index (χ3v) is 6.84. The number of hydrogen-bond donors (Lipinski definition) is 0. The van der Waals surface area contributed by atoms with Crippen LogP contribution in [0.1, 0.15) is 0 Å². The van der Waals surface area contributed by atoms with Crippen LogP contribution in [0.15, 0.2) is 47.4 Å². The van der Waals surface area contributed by atoms with Crippen LogP contribution < -0.4 is 18.7 Å². The molecule has 1 saturated heterocycles. The van der Waals surface area contributed by atoms with Gasteiger partial charge in [-0.3, -0.25) is 4.31 Å². The number of alkyl halides is 2. The predicted molar refractivity (Wildman–Crippen MR) is 119 cm³/mol. The van der Waals surface area contributed by atoms with E-state index in [1.54, 1.807) is 25.3 Å². The fourth-order valence-electron chi connectivity index (χ4n) is 3.28. The zero-order chi connectivity index (χ0) is 21.9. The number of nitrogens with zero attached hydrogens (tertiary/aromatic N) is 3. The van der Waals surface area contributed by atoms with E-state index < -0.39 is 16.6 Å². The van der Waals surface area contributed by atoms with Gasteiger partial charge >= 0.3 is 6.61 Å². The zero-order valence-electron chi connectivity index (χ0n) is 17.5. The van der Waals surface area contributed by atoms with Gasteiger partial charge in [0, 0.05) is 39.3 Å². The summed E-state index contributed by atoms with van der Waals surface area (Å²) in [4.78, 5) is 4.23. The van der Waals surface area contributed by atoms with Crippen molar-refractivity contribution in [1.29, 1.82) is 0 Å². The molecule has 31 heavy (non-hydrogen) atoms. The summed E-state index contributed by atoms with van der Waals surface area (Å²) >= 11 is 0. The topological polar surface area (TPSA) is 62.3 Å². The number of sulfonamides is 1. The lowest BCUT2D eigenvalue weighted by atomic mass is 10.2. The average Bonchev–Trinajstić information content (AvgIpc) is 2.73. The molecule has 1 aliphatic heterocycles. The van der Waals surface area contributed by atoms with E-state index in [1.165, 1.54) is 25.2 Å². The van der Waals surface area contributed by atoms with E-state index in [1.807, 2.05) is 0 Å². The Balaban J connectivity index is 0.00000341. The number of anilines is 2. The van der Waals surface area contributed by atoms with Crippen molar-refractivity contribution in [2.75, 3.05) is 56.6 Å². The van der Waals surface area contributed by atoms with Crippen LogP contribution in [0.5, 0.6) is 11.5 Å². The molecule has 0 N–H and O–H groups in total. The van der Waals surface area contributed by atoms with Crippen LogP contribution in [0.2, 0.25) is 0 Å². The summed E-state index contributed by atoms with van der Waals surface area (Å²) in [7, 11) is 1.06. The molecule has 0 spiro atoms. The molecule has 172 valence electrons. The molecule has 7 nitrogen and oxygen atoms in total. The van der Waals surface area contributed by atoms with Crippen molar-refractivity contribution in [3.05, 3.63) is 42.5 Å². The Morgan fingerprint density at radius 2 is 1.74 bits per heavy atom. The highest BCUT2D eigenvalue weighted by atomic mass is 35.5. The lowest BCUT2D eigenvalue weighted by Gasteiger charge is -2.35. The molecule has 1 heterocycles. The minimum Gasteiger partial charge on any atom is -0.495 e. The molecule has 2 aromatic rings. The van der Waals surface area contributed by atoms with Crippen LogP contribution in [0, 0.1) is 0 Å². The van der Waals surface area contributed by atoms with Gasteiger partial charge in [0.25, 0.3) is 10.0 Å². The number of rotatable bonds is 7. The fraction of sp³-hybridized carbons (Fsp3) is 0.400. The molecule has 0 atom stereocenters.